The summed E-state index contributed by atoms with van der Waals surface area (Å²) in [6.45, 7) is 0.726. The van der Waals surface area contributed by atoms with Crippen molar-refractivity contribution >= 4 is 11.9 Å². The van der Waals surface area contributed by atoms with Crippen molar-refractivity contribution in [2.45, 2.75) is 32.6 Å². The van der Waals surface area contributed by atoms with E-state index in [9.17, 15) is 14.0 Å². The highest BCUT2D eigenvalue weighted by atomic mass is 18.2. The van der Waals surface area contributed by atoms with Crippen LogP contribution in [0, 0.1) is 5.41 Å². The van der Waals surface area contributed by atoms with Crippen LogP contribution in [0.1, 0.15) is 32.6 Å². The highest BCUT2D eigenvalue weighted by molar-refractivity contribution is 5.97. The molecule has 0 rings (SSSR count). The largest absolute Gasteiger partial charge is 0.480 e. The van der Waals surface area contributed by atoms with Crippen molar-refractivity contribution in [3.8, 4) is 0 Å². The second-order valence-electron chi connectivity index (χ2n) is 3.44. The van der Waals surface area contributed by atoms with Crippen molar-refractivity contribution in [2.75, 3.05) is 6.67 Å². The van der Waals surface area contributed by atoms with E-state index in [0.717, 1.165) is 0 Å². The summed E-state index contributed by atoms with van der Waals surface area (Å²) < 4.78 is 11.7. The Balaban J connectivity index is 4.12. The number of halogens is 1. The third-order valence-corrected chi connectivity index (χ3v) is 2.25. The molecule has 82 valence electrons. The molecule has 0 radical (unpaired) electrons. The van der Waals surface area contributed by atoms with Gasteiger partial charge in [0.15, 0.2) is 5.41 Å². The van der Waals surface area contributed by atoms with Crippen molar-refractivity contribution in [3.05, 3.63) is 0 Å². The zero-order valence-electron chi connectivity index (χ0n) is 8.12. The number of unbranched alkanes of at least 4 members (excludes halogenated alkanes) is 2. The third-order valence-electron chi connectivity index (χ3n) is 2.25. The molecule has 0 heterocycles. The predicted molar refractivity (Wildman–Crippen MR) is 47.8 cm³/mol. The van der Waals surface area contributed by atoms with Gasteiger partial charge in [0, 0.05) is 0 Å². The first kappa shape index (κ1) is 12.9. The van der Waals surface area contributed by atoms with Crippen LogP contribution in [0.2, 0.25) is 0 Å². The Hall–Kier alpha value is -1.13. The van der Waals surface area contributed by atoms with E-state index in [1.165, 1.54) is 6.92 Å². The average molecular weight is 205 g/mol. The summed E-state index contributed by atoms with van der Waals surface area (Å²) >= 11 is 0. The minimum atomic E-state index is -1.74. The number of rotatable bonds is 7. The van der Waals surface area contributed by atoms with Gasteiger partial charge in [0.25, 0.3) is 0 Å². The Morgan fingerprint density at radius 1 is 1.14 bits per heavy atom. The minimum absolute atomic E-state index is 0.0394. The highest BCUT2D eigenvalue weighted by Gasteiger charge is 2.40. The maximum absolute atomic E-state index is 11.7. The van der Waals surface area contributed by atoms with Gasteiger partial charge < -0.3 is 10.2 Å². The van der Waals surface area contributed by atoms with Crippen LogP contribution in [-0.2, 0) is 9.59 Å². The third kappa shape index (κ3) is 3.32. The van der Waals surface area contributed by atoms with E-state index in [0.29, 0.717) is 19.3 Å². The number of carbonyl (C=O) groups is 2. The molecule has 0 aromatic rings. The van der Waals surface area contributed by atoms with Gasteiger partial charge in [0.05, 0.1) is 6.67 Å². The molecule has 2 N–H and O–H groups in total. The van der Waals surface area contributed by atoms with Gasteiger partial charge >= 0.3 is 11.9 Å². The molecule has 0 bridgehead atoms. The molecule has 0 amide bonds. The molecule has 0 unspecified atom stereocenters. The molecule has 0 aromatic heterocycles. The first-order valence-corrected chi connectivity index (χ1v) is 4.48. The summed E-state index contributed by atoms with van der Waals surface area (Å²) in [7, 11) is 0. The number of aliphatic carboxylic acids is 2. The number of carboxylic acid groups (broad SMARTS) is 2. The van der Waals surface area contributed by atoms with Gasteiger partial charge in [-0.15, -0.1) is 0 Å². The van der Waals surface area contributed by atoms with E-state index in [4.69, 9.17) is 10.2 Å². The first-order valence-electron chi connectivity index (χ1n) is 4.48. The van der Waals surface area contributed by atoms with Crippen molar-refractivity contribution < 1.29 is 24.2 Å². The molecule has 0 saturated carbocycles. The lowest BCUT2D eigenvalue weighted by Gasteiger charge is -2.18. The van der Waals surface area contributed by atoms with Gasteiger partial charge in [0.1, 0.15) is 0 Å². The zero-order valence-corrected chi connectivity index (χ0v) is 8.12. The maximum Gasteiger partial charge on any atom is 0.320 e. The van der Waals surface area contributed by atoms with E-state index in [1.54, 1.807) is 0 Å². The summed E-state index contributed by atoms with van der Waals surface area (Å²) in [5.41, 5.74) is -1.74. The van der Waals surface area contributed by atoms with Gasteiger partial charge in [-0.05, 0) is 19.8 Å². The first-order chi connectivity index (χ1) is 6.45. The lowest BCUT2D eigenvalue weighted by Crippen LogP contribution is -2.36. The van der Waals surface area contributed by atoms with Gasteiger partial charge in [-0.3, -0.25) is 14.0 Å². The molecule has 0 aromatic carbocycles. The Labute approximate surface area is 81.7 Å². The quantitative estimate of drug-likeness (QED) is 0.490. The molecular weight excluding hydrogens is 190 g/mol. The molecule has 0 spiro atoms. The fourth-order valence-corrected chi connectivity index (χ4v) is 1.06. The molecule has 5 heteroatoms. The van der Waals surface area contributed by atoms with Crippen LogP contribution >= 0.6 is 0 Å². The molecular formula is C9H15FO4. The van der Waals surface area contributed by atoms with E-state index in [2.05, 4.69) is 0 Å². The SMILES string of the molecule is CC(CCCCC[18F])(C(=O)O)C(=O)O. The maximum atomic E-state index is 11.7. The monoisotopic (exact) mass is 205 g/mol. The molecule has 4 nitrogen and oxygen atoms in total. The van der Waals surface area contributed by atoms with Crippen molar-refractivity contribution in [2.24, 2.45) is 5.41 Å². The average Bonchev–Trinajstić information content (AvgIpc) is 2.11. The van der Waals surface area contributed by atoms with Crippen LogP contribution in [0.15, 0.2) is 0 Å². The van der Waals surface area contributed by atoms with Gasteiger partial charge in [0.2, 0.25) is 0 Å². The molecule has 0 fully saturated rings. The number of hydrogen-bond acceptors (Lipinski definition) is 2. The molecule has 0 saturated heterocycles. The van der Waals surface area contributed by atoms with Crippen LogP contribution in [0.5, 0.6) is 0 Å². The Morgan fingerprint density at radius 2 is 1.64 bits per heavy atom. The molecule has 0 aliphatic heterocycles. The topological polar surface area (TPSA) is 74.6 Å². The van der Waals surface area contributed by atoms with Crippen LogP contribution in [-0.4, -0.2) is 28.8 Å². The molecule has 14 heavy (non-hydrogen) atoms. The standard InChI is InChI=1S/C9H15FO4/c1-9(7(11)12,8(13)14)5-3-2-4-6-10/h2-6H2,1H3,(H,11,12)(H,13,14)/i10-1. The summed E-state index contributed by atoms with van der Waals surface area (Å²) in [6, 6.07) is 0. The van der Waals surface area contributed by atoms with Crippen LogP contribution in [0.4, 0.5) is 4.39 Å². The zero-order chi connectivity index (χ0) is 11.2. The van der Waals surface area contributed by atoms with Crippen LogP contribution in [0.25, 0.3) is 0 Å². The predicted octanol–water partition coefficient (Wildman–Crippen LogP) is 1.69. The van der Waals surface area contributed by atoms with E-state index < -0.39 is 24.0 Å². The fraction of sp³-hybridized carbons (Fsp3) is 0.778. The van der Waals surface area contributed by atoms with Gasteiger partial charge in [-0.2, -0.15) is 0 Å². The lowest BCUT2D eigenvalue weighted by atomic mass is 9.85. The summed E-state index contributed by atoms with van der Waals surface area (Å²) in [4.78, 5) is 21.3. The molecule has 0 aliphatic rings. The van der Waals surface area contributed by atoms with Crippen molar-refractivity contribution in [1.29, 1.82) is 0 Å². The second kappa shape index (κ2) is 5.57. The minimum Gasteiger partial charge on any atom is -0.480 e. The number of alkyl halides is 1. The highest BCUT2D eigenvalue weighted by Crippen LogP contribution is 2.25. The van der Waals surface area contributed by atoms with Crippen molar-refractivity contribution in [1.82, 2.24) is 0 Å². The second-order valence-corrected chi connectivity index (χ2v) is 3.44. The normalized spacial score (nSPS) is 11.3. The fourth-order valence-electron chi connectivity index (χ4n) is 1.06. The van der Waals surface area contributed by atoms with Crippen molar-refractivity contribution in [3.63, 3.8) is 0 Å². The number of carboxylic acids is 2. The Bertz CT molecular complexity index is 201. The molecule has 0 atom stereocenters. The summed E-state index contributed by atoms with van der Waals surface area (Å²) in [6.07, 6.45) is 1.33. The van der Waals surface area contributed by atoms with E-state index in [-0.39, 0.29) is 6.42 Å². The van der Waals surface area contributed by atoms with E-state index in [1.807, 2.05) is 0 Å². The van der Waals surface area contributed by atoms with Gasteiger partial charge in [-0.1, -0.05) is 12.8 Å². The summed E-state index contributed by atoms with van der Waals surface area (Å²) in [5.74, 6) is -2.68. The van der Waals surface area contributed by atoms with Crippen LogP contribution < -0.4 is 0 Å². The molecule has 0 aliphatic carbocycles. The van der Waals surface area contributed by atoms with E-state index >= 15 is 0 Å². The van der Waals surface area contributed by atoms with Crippen LogP contribution in [0.3, 0.4) is 0 Å². The van der Waals surface area contributed by atoms with Gasteiger partial charge in [-0.25, -0.2) is 0 Å². The Kier molecular flexibility index (Phi) is 5.12. The Morgan fingerprint density at radius 3 is 2.00 bits per heavy atom. The lowest BCUT2D eigenvalue weighted by molar-refractivity contribution is -0.163. The smallest absolute Gasteiger partial charge is 0.320 e. The summed E-state index contributed by atoms with van der Waals surface area (Å²) in [5, 5.41) is 17.4. The number of hydrogen-bond donors (Lipinski definition) is 2.